The van der Waals surface area contributed by atoms with Gasteiger partial charge in [-0.05, 0) is 88.1 Å². The van der Waals surface area contributed by atoms with Crippen molar-refractivity contribution in [3.63, 3.8) is 0 Å². The minimum atomic E-state index is -0.242. The van der Waals surface area contributed by atoms with Gasteiger partial charge >= 0.3 is 0 Å². The number of hydrogen-bond acceptors (Lipinski definition) is 2. The molecule has 0 N–H and O–H groups in total. The van der Waals surface area contributed by atoms with E-state index in [1.165, 1.54) is 63.6 Å². The number of ether oxygens (including phenoxy) is 1. The molecule has 0 aromatic heterocycles. The lowest BCUT2D eigenvalue weighted by Gasteiger charge is -2.34. The van der Waals surface area contributed by atoms with E-state index in [9.17, 15) is 4.39 Å². The zero-order valence-corrected chi connectivity index (χ0v) is 15.4. The molecule has 0 amide bonds. The van der Waals surface area contributed by atoms with Crippen LogP contribution >= 0.6 is 11.6 Å². The van der Waals surface area contributed by atoms with E-state index in [0.29, 0.717) is 17.0 Å². The Hall–Kier alpha value is -0.640. The van der Waals surface area contributed by atoms with Gasteiger partial charge in [0.05, 0.1) is 0 Å². The molecule has 134 valence electrons. The Morgan fingerprint density at radius 1 is 1.12 bits per heavy atom. The summed E-state index contributed by atoms with van der Waals surface area (Å²) in [6.07, 6.45) is 8.52. The van der Waals surface area contributed by atoms with Gasteiger partial charge in [0.15, 0.2) is 0 Å². The number of halogens is 2. The van der Waals surface area contributed by atoms with Crippen LogP contribution < -0.4 is 0 Å². The highest BCUT2D eigenvalue weighted by molar-refractivity contribution is 6.31. The number of hydrogen-bond donors (Lipinski definition) is 0. The number of benzene rings is 1. The van der Waals surface area contributed by atoms with Crippen molar-refractivity contribution in [2.24, 2.45) is 5.92 Å². The van der Waals surface area contributed by atoms with Crippen LogP contribution in [-0.2, 0) is 4.74 Å². The Labute approximate surface area is 150 Å². The molecule has 2 fully saturated rings. The molecule has 0 atom stereocenters. The van der Waals surface area contributed by atoms with E-state index in [0.717, 1.165) is 24.7 Å². The van der Waals surface area contributed by atoms with Crippen LogP contribution in [0.15, 0.2) is 18.2 Å². The summed E-state index contributed by atoms with van der Waals surface area (Å²) in [6.45, 7) is 3.02. The summed E-state index contributed by atoms with van der Waals surface area (Å²) in [4.78, 5) is 2.53. The molecule has 1 aliphatic carbocycles. The van der Waals surface area contributed by atoms with Crippen LogP contribution in [0.1, 0.15) is 56.4 Å². The molecular weight excluding hydrogens is 325 g/mol. The largest absolute Gasteiger partial charge is 0.381 e. The third-order valence-electron chi connectivity index (χ3n) is 5.95. The first-order valence-corrected chi connectivity index (χ1v) is 9.74. The lowest BCUT2D eigenvalue weighted by molar-refractivity contribution is 0.0408. The first-order chi connectivity index (χ1) is 11.6. The monoisotopic (exact) mass is 353 g/mol. The summed E-state index contributed by atoms with van der Waals surface area (Å²) in [5, 5.41) is 0.595. The van der Waals surface area contributed by atoms with Crippen molar-refractivity contribution < 1.29 is 9.13 Å². The Kier molecular flexibility index (Phi) is 6.54. The van der Waals surface area contributed by atoms with Gasteiger partial charge in [0.25, 0.3) is 0 Å². The van der Waals surface area contributed by atoms with E-state index in [-0.39, 0.29) is 5.82 Å². The molecule has 1 saturated carbocycles. The maximum Gasteiger partial charge on any atom is 0.124 e. The van der Waals surface area contributed by atoms with Crippen LogP contribution in [0.5, 0.6) is 0 Å². The Balaban J connectivity index is 1.43. The van der Waals surface area contributed by atoms with Gasteiger partial charge in [0, 0.05) is 24.3 Å². The van der Waals surface area contributed by atoms with Crippen molar-refractivity contribution >= 4 is 11.6 Å². The van der Waals surface area contributed by atoms with Gasteiger partial charge in [-0.1, -0.05) is 17.7 Å². The first-order valence-electron chi connectivity index (χ1n) is 9.36. The molecule has 1 aliphatic heterocycles. The fraction of sp³-hybridized carbons (Fsp3) is 0.700. The normalized spacial score (nSPS) is 26.0. The second-order valence-corrected chi connectivity index (χ2v) is 7.90. The molecule has 2 aliphatic rings. The third kappa shape index (κ3) is 4.71. The molecule has 1 saturated heterocycles. The molecule has 3 rings (SSSR count). The third-order valence-corrected chi connectivity index (χ3v) is 6.28. The summed E-state index contributed by atoms with van der Waals surface area (Å²) < 4.78 is 18.7. The summed E-state index contributed by atoms with van der Waals surface area (Å²) in [6, 6.07) is 5.57. The molecule has 1 aromatic rings. The maximum atomic E-state index is 13.2. The van der Waals surface area contributed by atoms with Gasteiger partial charge in [-0.25, -0.2) is 4.39 Å². The Morgan fingerprint density at radius 3 is 2.50 bits per heavy atom. The summed E-state index contributed by atoms with van der Waals surface area (Å²) >= 11 is 6.23. The van der Waals surface area contributed by atoms with E-state index >= 15 is 0 Å². The second-order valence-electron chi connectivity index (χ2n) is 7.50. The van der Waals surface area contributed by atoms with Crippen molar-refractivity contribution in [3.8, 4) is 0 Å². The van der Waals surface area contributed by atoms with Crippen LogP contribution in [-0.4, -0.2) is 37.7 Å². The van der Waals surface area contributed by atoms with Crippen LogP contribution in [0.25, 0.3) is 0 Å². The van der Waals surface area contributed by atoms with Gasteiger partial charge in [0.2, 0.25) is 0 Å². The minimum absolute atomic E-state index is 0.242. The molecule has 0 radical (unpaired) electrons. The van der Waals surface area contributed by atoms with E-state index in [2.05, 4.69) is 11.9 Å². The summed E-state index contributed by atoms with van der Waals surface area (Å²) in [5.74, 6) is 1.08. The topological polar surface area (TPSA) is 12.5 Å². The Morgan fingerprint density at radius 2 is 1.83 bits per heavy atom. The van der Waals surface area contributed by atoms with Gasteiger partial charge < -0.3 is 9.64 Å². The van der Waals surface area contributed by atoms with Crippen molar-refractivity contribution in [3.05, 3.63) is 34.6 Å². The van der Waals surface area contributed by atoms with Crippen molar-refractivity contribution in [1.29, 1.82) is 0 Å². The predicted octanol–water partition coefficient (Wildman–Crippen LogP) is 5.25. The quantitative estimate of drug-likeness (QED) is 0.716. The lowest BCUT2D eigenvalue weighted by Crippen LogP contribution is -2.37. The van der Waals surface area contributed by atoms with Gasteiger partial charge in [-0.15, -0.1) is 0 Å². The maximum absolute atomic E-state index is 13.2. The molecule has 1 heterocycles. The number of nitrogens with zero attached hydrogens (tertiary/aromatic N) is 1. The fourth-order valence-electron chi connectivity index (χ4n) is 4.29. The van der Waals surface area contributed by atoms with Gasteiger partial charge in [-0.2, -0.15) is 0 Å². The highest BCUT2D eigenvalue weighted by Crippen LogP contribution is 2.39. The SMILES string of the molecule is CN(CCC1CCC(c2ccc(F)cc2Cl)CC1)C1CCOCC1. The van der Waals surface area contributed by atoms with E-state index in [4.69, 9.17) is 16.3 Å². The molecule has 2 nitrogen and oxygen atoms in total. The smallest absolute Gasteiger partial charge is 0.124 e. The lowest BCUT2D eigenvalue weighted by atomic mass is 9.77. The minimum Gasteiger partial charge on any atom is -0.381 e. The summed E-state index contributed by atoms with van der Waals surface area (Å²) in [5.41, 5.74) is 1.14. The number of rotatable bonds is 5. The standard InChI is InChI=1S/C20H29ClFNO/c1-23(18-9-12-24-13-10-18)11-8-15-2-4-16(5-3-15)19-7-6-17(22)14-20(19)21/h6-7,14-16,18H,2-5,8-13H2,1H3. The summed E-state index contributed by atoms with van der Waals surface area (Å²) in [7, 11) is 2.26. The molecule has 1 aromatic carbocycles. The van der Waals surface area contributed by atoms with E-state index in [1.54, 1.807) is 0 Å². The van der Waals surface area contributed by atoms with Gasteiger partial charge in [0.1, 0.15) is 5.82 Å². The molecular formula is C20H29ClFNO. The highest BCUT2D eigenvalue weighted by atomic mass is 35.5. The molecule has 24 heavy (non-hydrogen) atoms. The predicted molar refractivity (Wildman–Crippen MR) is 97.2 cm³/mol. The molecule has 0 unspecified atom stereocenters. The highest BCUT2D eigenvalue weighted by Gasteiger charge is 2.25. The van der Waals surface area contributed by atoms with E-state index in [1.807, 2.05) is 6.07 Å². The van der Waals surface area contributed by atoms with Crippen molar-refractivity contribution in [2.75, 3.05) is 26.8 Å². The van der Waals surface area contributed by atoms with Crippen LogP contribution in [0.3, 0.4) is 0 Å². The molecule has 0 spiro atoms. The van der Waals surface area contributed by atoms with Crippen LogP contribution in [0.4, 0.5) is 4.39 Å². The molecule has 4 heteroatoms. The zero-order valence-electron chi connectivity index (χ0n) is 14.6. The average Bonchev–Trinajstić information content (AvgIpc) is 2.61. The zero-order chi connectivity index (χ0) is 16.9. The average molecular weight is 354 g/mol. The fourth-order valence-corrected chi connectivity index (χ4v) is 4.61. The first kappa shape index (κ1) is 18.2. The van der Waals surface area contributed by atoms with Gasteiger partial charge in [-0.3, -0.25) is 0 Å². The van der Waals surface area contributed by atoms with Crippen LogP contribution in [0.2, 0.25) is 5.02 Å². The van der Waals surface area contributed by atoms with Crippen LogP contribution in [0, 0.1) is 11.7 Å². The van der Waals surface area contributed by atoms with Crippen molar-refractivity contribution in [1.82, 2.24) is 4.90 Å². The van der Waals surface area contributed by atoms with Crippen molar-refractivity contribution in [2.45, 2.75) is 56.9 Å². The molecule has 0 bridgehead atoms. The Bertz CT molecular complexity index is 524. The van der Waals surface area contributed by atoms with E-state index < -0.39 is 0 Å². The second kappa shape index (κ2) is 8.64.